The van der Waals surface area contributed by atoms with E-state index >= 15 is 0 Å². The van der Waals surface area contributed by atoms with Crippen molar-refractivity contribution >= 4 is 33.2 Å². The summed E-state index contributed by atoms with van der Waals surface area (Å²) in [6, 6.07) is 2.36. The molecule has 0 aliphatic carbocycles. The zero-order chi connectivity index (χ0) is 12.3. The van der Waals surface area contributed by atoms with E-state index in [1.807, 2.05) is 0 Å². The van der Waals surface area contributed by atoms with Gasteiger partial charge in [-0.3, -0.25) is 0 Å². The van der Waals surface area contributed by atoms with E-state index in [4.69, 9.17) is 23.2 Å². The molecule has 0 radical (unpaired) electrons. The quantitative estimate of drug-likeness (QED) is 0.864. The van der Waals surface area contributed by atoms with Gasteiger partial charge in [0.15, 0.2) is 0 Å². The lowest BCUT2D eigenvalue weighted by Gasteiger charge is -2.08. The van der Waals surface area contributed by atoms with Crippen molar-refractivity contribution in [1.29, 1.82) is 0 Å². The Kier molecular flexibility index (Phi) is 4.55. The molecule has 1 N–H and O–H groups in total. The molecule has 0 bridgehead atoms. The molecule has 1 aromatic rings. The molecule has 0 heterocycles. The SMILES string of the molecule is CCNS(=O)(=O)c1cc(Cl)cc(CCl)c1F. The van der Waals surface area contributed by atoms with Crippen LogP contribution in [0.5, 0.6) is 0 Å². The first-order chi connectivity index (χ1) is 7.42. The van der Waals surface area contributed by atoms with E-state index in [0.717, 1.165) is 6.07 Å². The highest BCUT2D eigenvalue weighted by molar-refractivity contribution is 7.89. The van der Waals surface area contributed by atoms with Crippen LogP contribution >= 0.6 is 23.2 Å². The van der Waals surface area contributed by atoms with E-state index in [1.165, 1.54) is 6.07 Å². The Morgan fingerprint density at radius 2 is 2.06 bits per heavy atom. The van der Waals surface area contributed by atoms with Crippen LogP contribution in [-0.2, 0) is 15.9 Å². The molecular formula is C9H10Cl2FNO2S. The second kappa shape index (κ2) is 5.31. The van der Waals surface area contributed by atoms with E-state index in [9.17, 15) is 12.8 Å². The van der Waals surface area contributed by atoms with Gasteiger partial charge in [-0.15, -0.1) is 11.6 Å². The molecule has 0 saturated heterocycles. The molecule has 0 aliphatic rings. The summed E-state index contributed by atoms with van der Waals surface area (Å²) in [5.74, 6) is -0.999. The summed E-state index contributed by atoms with van der Waals surface area (Å²) in [6.45, 7) is 1.77. The van der Waals surface area contributed by atoms with Crippen LogP contribution in [-0.4, -0.2) is 15.0 Å². The fraction of sp³-hybridized carbons (Fsp3) is 0.333. The first-order valence-electron chi connectivity index (χ1n) is 4.46. The van der Waals surface area contributed by atoms with Gasteiger partial charge in [0.1, 0.15) is 10.7 Å². The van der Waals surface area contributed by atoms with Gasteiger partial charge in [-0.25, -0.2) is 17.5 Å². The zero-order valence-electron chi connectivity index (χ0n) is 8.43. The smallest absolute Gasteiger partial charge is 0.211 e. The van der Waals surface area contributed by atoms with Crippen molar-refractivity contribution in [2.75, 3.05) is 6.54 Å². The fourth-order valence-corrected chi connectivity index (χ4v) is 2.86. The molecule has 0 unspecified atom stereocenters. The van der Waals surface area contributed by atoms with E-state index in [1.54, 1.807) is 6.92 Å². The number of sulfonamides is 1. The van der Waals surface area contributed by atoms with E-state index < -0.39 is 20.7 Å². The lowest BCUT2D eigenvalue weighted by molar-refractivity contribution is 0.554. The highest BCUT2D eigenvalue weighted by atomic mass is 35.5. The molecule has 3 nitrogen and oxygen atoms in total. The van der Waals surface area contributed by atoms with Crippen molar-refractivity contribution < 1.29 is 12.8 Å². The maximum absolute atomic E-state index is 13.7. The molecule has 1 rings (SSSR count). The summed E-state index contributed by atoms with van der Waals surface area (Å²) in [5.41, 5.74) is 0.0608. The Balaban J connectivity index is 3.39. The average Bonchev–Trinajstić information content (AvgIpc) is 2.20. The minimum absolute atomic E-state index is 0.0608. The second-order valence-electron chi connectivity index (χ2n) is 3.01. The van der Waals surface area contributed by atoms with Gasteiger partial charge in [-0.2, -0.15) is 0 Å². The Bertz CT molecular complexity index is 491. The van der Waals surface area contributed by atoms with Gasteiger partial charge < -0.3 is 0 Å². The minimum atomic E-state index is -3.86. The summed E-state index contributed by atoms with van der Waals surface area (Å²) in [6.07, 6.45) is 0. The number of rotatable bonds is 4. The largest absolute Gasteiger partial charge is 0.243 e. The van der Waals surface area contributed by atoms with Gasteiger partial charge >= 0.3 is 0 Å². The topological polar surface area (TPSA) is 46.2 Å². The maximum Gasteiger partial charge on any atom is 0.243 e. The molecule has 0 fully saturated rings. The molecular weight excluding hydrogens is 276 g/mol. The van der Waals surface area contributed by atoms with Crippen molar-refractivity contribution in [1.82, 2.24) is 4.72 Å². The van der Waals surface area contributed by atoms with Crippen LogP contribution in [0.25, 0.3) is 0 Å². The van der Waals surface area contributed by atoms with Crippen molar-refractivity contribution in [3.63, 3.8) is 0 Å². The van der Waals surface area contributed by atoms with Crippen molar-refractivity contribution in [3.05, 3.63) is 28.5 Å². The molecule has 0 spiro atoms. The van der Waals surface area contributed by atoms with E-state index in [0.29, 0.717) is 0 Å². The van der Waals surface area contributed by atoms with Crippen LogP contribution < -0.4 is 4.72 Å². The fourth-order valence-electron chi connectivity index (χ4n) is 1.18. The molecule has 0 amide bonds. The van der Waals surface area contributed by atoms with Gasteiger partial charge in [-0.1, -0.05) is 18.5 Å². The molecule has 16 heavy (non-hydrogen) atoms. The third kappa shape index (κ3) is 2.85. The van der Waals surface area contributed by atoms with Crippen molar-refractivity contribution in [2.24, 2.45) is 0 Å². The molecule has 7 heteroatoms. The van der Waals surface area contributed by atoms with Crippen LogP contribution in [0.3, 0.4) is 0 Å². The Morgan fingerprint density at radius 3 is 2.56 bits per heavy atom. The predicted octanol–water partition coefficient (Wildman–Crippen LogP) is 2.52. The Morgan fingerprint density at radius 1 is 1.44 bits per heavy atom. The number of halogens is 3. The third-order valence-corrected chi connectivity index (χ3v) is 3.90. The van der Waals surface area contributed by atoms with Gasteiger partial charge in [0, 0.05) is 17.1 Å². The van der Waals surface area contributed by atoms with Gasteiger partial charge in [-0.05, 0) is 12.1 Å². The van der Waals surface area contributed by atoms with Crippen molar-refractivity contribution in [3.8, 4) is 0 Å². The number of benzene rings is 1. The van der Waals surface area contributed by atoms with Crippen LogP contribution in [0.2, 0.25) is 5.02 Å². The highest BCUT2D eigenvalue weighted by Crippen LogP contribution is 2.24. The Labute approximate surface area is 104 Å². The predicted molar refractivity (Wildman–Crippen MR) is 61.8 cm³/mol. The van der Waals surface area contributed by atoms with E-state index in [2.05, 4.69) is 4.72 Å². The number of alkyl halides is 1. The first kappa shape index (κ1) is 13.7. The lowest BCUT2D eigenvalue weighted by atomic mass is 10.2. The van der Waals surface area contributed by atoms with Crippen LogP contribution in [0.15, 0.2) is 17.0 Å². The van der Waals surface area contributed by atoms with Crippen LogP contribution in [0.4, 0.5) is 4.39 Å². The zero-order valence-corrected chi connectivity index (χ0v) is 10.8. The summed E-state index contributed by atoms with van der Waals surface area (Å²) in [4.78, 5) is -0.475. The minimum Gasteiger partial charge on any atom is -0.211 e. The number of hydrogen-bond acceptors (Lipinski definition) is 2. The summed E-state index contributed by atoms with van der Waals surface area (Å²) in [5, 5.41) is 0.133. The van der Waals surface area contributed by atoms with Crippen molar-refractivity contribution in [2.45, 2.75) is 17.7 Å². The highest BCUT2D eigenvalue weighted by Gasteiger charge is 2.21. The molecule has 90 valence electrons. The summed E-state index contributed by atoms with van der Waals surface area (Å²) < 4.78 is 39.1. The molecule has 0 aromatic heterocycles. The monoisotopic (exact) mass is 285 g/mol. The second-order valence-corrected chi connectivity index (χ2v) is 5.45. The van der Waals surface area contributed by atoms with Gasteiger partial charge in [0.05, 0.1) is 5.88 Å². The summed E-state index contributed by atoms with van der Waals surface area (Å²) in [7, 11) is -3.86. The number of hydrogen-bond donors (Lipinski definition) is 1. The third-order valence-electron chi connectivity index (χ3n) is 1.85. The lowest BCUT2D eigenvalue weighted by Crippen LogP contribution is -2.24. The Hall–Kier alpha value is -0.360. The van der Waals surface area contributed by atoms with Gasteiger partial charge in [0.25, 0.3) is 0 Å². The molecule has 0 aliphatic heterocycles. The summed E-state index contributed by atoms with van der Waals surface area (Å²) >= 11 is 11.2. The maximum atomic E-state index is 13.7. The normalized spacial score (nSPS) is 11.8. The standard InChI is InChI=1S/C9H10Cl2FNO2S/c1-2-13-16(14,15)8-4-7(11)3-6(5-10)9(8)12/h3-4,13H,2,5H2,1H3. The van der Waals surface area contributed by atoms with Crippen LogP contribution in [0, 0.1) is 5.82 Å². The molecule has 0 atom stereocenters. The van der Waals surface area contributed by atoms with Crippen LogP contribution in [0.1, 0.15) is 12.5 Å². The van der Waals surface area contributed by atoms with E-state index in [-0.39, 0.29) is 23.0 Å². The van der Waals surface area contributed by atoms with Gasteiger partial charge in [0.2, 0.25) is 10.0 Å². The first-order valence-corrected chi connectivity index (χ1v) is 6.85. The molecule has 0 saturated carbocycles. The number of nitrogens with one attached hydrogen (secondary N) is 1. The average molecular weight is 286 g/mol. The molecule has 1 aromatic carbocycles.